The Labute approximate surface area is 115 Å². The van der Waals surface area contributed by atoms with Crippen LogP contribution in [-0.4, -0.2) is 43.1 Å². The smallest absolute Gasteiger partial charge is 0.318 e. The minimum absolute atomic E-state index is 0.0734. The van der Waals surface area contributed by atoms with Crippen LogP contribution in [-0.2, 0) is 9.53 Å². The lowest BCUT2D eigenvalue weighted by molar-refractivity contribution is -0.123. The Morgan fingerprint density at radius 1 is 1.40 bits per heavy atom. The van der Waals surface area contributed by atoms with Crippen LogP contribution in [0.1, 0.15) is 11.7 Å². The van der Waals surface area contributed by atoms with E-state index in [1.54, 1.807) is 12.1 Å². The molecule has 0 aromatic heterocycles. The second-order valence-electron chi connectivity index (χ2n) is 4.56. The topological polar surface area (TPSA) is 84.7 Å². The first-order valence-corrected chi connectivity index (χ1v) is 6.23. The van der Waals surface area contributed by atoms with E-state index in [1.807, 2.05) is 10.2 Å². The number of carbonyl (C=O) groups is 2. The lowest BCUT2D eigenvalue weighted by Gasteiger charge is -2.32. The number of hydrogen-bond donors (Lipinski definition) is 2. The second-order valence-corrected chi connectivity index (χ2v) is 4.56. The zero-order chi connectivity index (χ0) is 14.5. The van der Waals surface area contributed by atoms with Crippen LogP contribution in [0.5, 0.6) is 0 Å². The lowest BCUT2D eigenvalue weighted by Crippen LogP contribution is -2.46. The molecular weight excluding hydrogens is 265 g/mol. The Morgan fingerprint density at radius 3 is 2.75 bits per heavy atom. The van der Waals surface area contributed by atoms with Gasteiger partial charge in [0.15, 0.2) is 0 Å². The second kappa shape index (κ2) is 6.44. The Kier molecular flexibility index (Phi) is 4.65. The van der Waals surface area contributed by atoms with E-state index in [1.165, 1.54) is 12.1 Å². The van der Waals surface area contributed by atoms with E-state index in [2.05, 4.69) is 0 Å². The first kappa shape index (κ1) is 14.4. The highest BCUT2D eigenvalue weighted by Crippen LogP contribution is 2.22. The molecule has 7 heteroatoms. The normalized spacial score (nSPS) is 19.6. The number of hydrogen-bond acceptors (Lipinski definition) is 4. The SMILES string of the molecule is NC(=O)NC(=O)CN1CCO[C@H](c2ccc(F)cc2)C1. The number of nitrogens with zero attached hydrogens (tertiary/aromatic N) is 1. The number of imide groups is 1. The maximum absolute atomic E-state index is 12.9. The van der Waals surface area contributed by atoms with Crippen LogP contribution in [0.3, 0.4) is 0 Å². The van der Waals surface area contributed by atoms with Crippen molar-refractivity contribution >= 4 is 11.9 Å². The summed E-state index contributed by atoms with van der Waals surface area (Å²) in [5, 5.41) is 2.02. The van der Waals surface area contributed by atoms with Crippen LogP contribution in [0.2, 0.25) is 0 Å². The van der Waals surface area contributed by atoms with Crippen LogP contribution in [0.15, 0.2) is 24.3 Å². The number of halogens is 1. The van der Waals surface area contributed by atoms with Crippen LogP contribution < -0.4 is 11.1 Å². The first-order chi connectivity index (χ1) is 9.54. The monoisotopic (exact) mass is 281 g/mol. The van der Waals surface area contributed by atoms with E-state index in [0.717, 1.165) is 5.56 Å². The average Bonchev–Trinajstić information content (AvgIpc) is 2.38. The predicted octanol–water partition coefficient (Wildman–Crippen LogP) is 0.394. The van der Waals surface area contributed by atoms with E-state index in [-0.39, 0.29) is 18.5 Å². The molecule has 1 heterocycles. The Bertz CT molecular complexity index is 492. The molecule has 0 bridgehead atoms. The Morgan fingerprint density at radius 2 is 2.10 bits per heavy atom. The van der Waals surface area contributed by atoms with Crippen LogP contribution in [0.4, 0.5) is 9.18 Å². The van der Waals surface area contributed by atoms with Gasteiger partial charge in [0, 0.05) is 13.1 Å². The van der Waals surface area contributed by atoms with Gasteiger partial charge in [-0.3, -0.25) is 15.0 Å². The fourth-order valence-corrected chi connectivity index (χ4v) is 2.11. The number of nitrogens with one attached hydrogen (secondary N) is 1. The van der Waals surface area contributed by atoms with E-state index in [4.69, 9.17) is 10.5 Å². The summed E-state index contributed by atoms with van der Waals surface area (Å²) in [6.07, 6.45) is -0.217. The highest BCUT2D eigenvalue weighted by Gasteiger charge is 2.23. The fourth-order valence-electron chi connectivity index (χ4n) is 2.11. The zero-order valence-corrected chi connectivity index (χ0v) is 10.8. The molecule has 3 N–H and O–H groups in total. The zero-order valence-electron chi connectivity index (χ0n) is 10.8. The molecule has 20 heavy (non-hydrogen) atoms. The van der Waals surface area contributed by atoms with Gasteiger partial charge in [-0.1, -0.05) is 12.1 Å². The van der Waals surface area contributed by atoms with E-state index >= 15 is 0 Å². The molecule has 2 rings (SSSR count). The molecule has 0 spiro atoms. The van der Waals surface area contributed by atoms with Gasteiger partial charge < -0.3 is 10.5 Å². The summed E-state index contributed by atoms with van der Waals surface area (Å²) in [7, 11) is 0. The van der Waals surface area contributed by atoms with Crippen molar-refractivity contribution in [2.24, 2.45) is 5.73 Å². The minimum atomic E-state index is -0.863. The lowest BCUT2D eigenvalue weighted by atomic mass is 10.1. The molecule has 6 nitrogen and oxygen atoms in total. The Hall–Kier alpha value is -1.99. The molecular formula is C13H16FN3O3. The first-order valence-electron chi connectivity index (χ1n) is 6.23. The quantitative estimate of drug-likeness (QED) is 0.839. The van der Waals surface area contributed by atoms with Crippen molar-refractivity contribution in [1.29, 1.82) is 0 Å². The summed E-state index contributed by atoms with van der Waals surface area (Å²) in [6.45, 7) is 1.62. The maximum atomic E-state index is 12.9. The van der Waals surface area contributed by atoms with Gasteiger partial charge in [0.05, 0.1) is 19.3 Å². The van der Waals surface area contributed by atoms with Gasteiger partial charge >= 0.3 is 6.03 Å². The molecule has 1 aliphatic heterocycles. The van der Waals surface area contributed by atoms with Gasteiger partial charge in [-0.15, -0.1) is 0 Å². The molecule has 1 atom stereocenters. The van der Waals surface area contributed by atoms with Crippen molar-refractivity contribution in [2.45, 2.75) is 6.10 Å². The van der Waals surface area contributed by atoms with Gasteiger partial charge in [-0.25, -0.2) is 9.18 Å². The van der Waals surface area contributed by atoms with Gasteiger partial charge in [-0.05, 0) is 17.7 Å². The molecule has 1 aliphatic rings. The summed E-state index contributed by atoms with van der Waals surface area (Å²) in [6, 6.07) is 5.20. The molecule has 1 aromatic carbocycles. The number of rotatable bonds is 3. The molecule has 0 unspecified atom stereocenters. The van der Waals surface area contributed by atoms with Gasteiger partial charge in [0.1, 0.15) is 5.82 Å². The molecule has 0 aliphatic carbocycles. The summed E-state index contributed by atoms with van der Waals surface area (Å²) in [5.41, 5.74) is 5.73. The van der Waals surface area contributed by atoms with Crippen molar-refractivity contribution in [3.63, 3.8) is 0 Å². The molecule has 108 valence electrons. The summed E-state index contributed by atoms with van der Waals surface area (Å²) >= 11 is 0. The molecule has 1 aromatic rings. The summed E-state index contributed by atoms with van der Waals surface area (Å²) < 4.78 is 18.5. The van der Waals surface area contributed by atoms with E-state index in [0.29, 0.717) is 19.7 Å². The van der Waals surface area contributed by atoms with E-state index < -0.39 is 11.9 Å². The van der Waals surface area contributed by atoms with E-state index in [9.17, 15) is 14.0 Å². The van der Waals surface area contributed by atoms with Gasteiger partial charge in [-0.2, -0.15) is 0 Å². The summed E-state index contributed by atoms with van der Waals surface area (Å²) in [4.78, 5) is 23.9. The number of ether oxygens (including phenoxy) is 1. The average molecular weight is 281 g/mol. The van der Waals surface area contributed by atoms with Gasteiger partial charge in [0.25, 0.3) is 0 Å². The predicted molar refractivity (Wildman–Crippen MR) is 69.3 cm³/mol. The van der Waals surface area contributed by atoms with Crippen molar-refractivity contribution < 1.29 is 18.7 Å². The number of amides is 3. The third-order valence-corrected chi connectivity index (χ3v) is 3.02. The van der Waals surface area contributed by atoms with Crippen molar-refractivity contribution in [3.8, 4) is 0 Å². The van der Waals surface area contributed by atoms with Crippen molar-refractivity contribution in [2.75, 3.05) is 26.2 Å². The molecule has 1 saturated heterocycles. The highest BCUT2D eigenvalue weighted by atomic mass is 19.1. The molecule has 0 radical (unpaired) electrons. The number of nitrogens with two attached hydrogens (primary N) is 1. The van der Waals surface area contributed by atoms with Crippen molar-refractivity contribution in [3.05, 3.63) is 35.6 Å². The number of benzene rings is 1. The highest BCUT2D eigenvalue weighted by molar-refractivity contribution is 5.94. The minimum Gasteiger partial charge on any atom is -0.371 e. The van der Waals surface area contributed by atoms with Gasteiger partial charge in [0.2, 0.25) is 5.91 Å². The molecule has 1 fully saturated rings. The van der Waals surface area contributed by atoms with Crippen LogP contribution in [0, 0.1) is 5.82 Å². The maximum Gasteiger partial charge on any atom is 0.318 e. The number of carbonyl (C=O) groups excluding carboxylic acids is 2. The molecule has 3 amide bonds. The molecule has 0 saturated carbocycles. The van der Waals surface area contributed by atoms with Crippen LogP contribution in [0.25, 0.3) is 0 Å². The largest absolute Gasteiger partial charge is 0.371 e. The number of urea groups is 1. The number of morpholine rings is 1. The fraction of sp³-hybridized carbons (Fsp3) is 0.385. The summed E-state index contributed by atoms with van der Waals surface area (Å²) in [5.74, 6) is -0.750. The Balaban J connectivity index is 1.93. The third kappa shape index (κ3) is 4.01. The van der Waals surface area contributed by atoms with Crippen LogP contribution >= 0.6 is 0 Å². The van der Waals surface area contributed by atoms with Crippen molar-refractivity contribution in [1.82, 2.24) is 10.2 Å². The third-order valence-electron chi connectivity index (χ3n) is 3.02. The number of primary amides is 1. The standard InChI is InChI=1S/C13H16FN3O3/c14-10-3-1-9(2-4-10)11-7-17(5-6-20-11)8-12(18)16-13(15)19/h1-4,11H,5-8H2,(H3,15,16,18,19)/t11-/m0/s1.